The maximum Gasteiger partial charge on any atom is 0.266 e. The molecule has 1 atom stereocenters. The first-order chi connectivity index (χ1) is 18.1. The number of rotatable bonds is 12. The highest BCUT2D eigenvalue weighted by molar-refractivity contribution is 5.79. The average Bonchev–Trinajstić information content (AvgIpc) is 3.44. The summed E-state index contributed by atoms with van der Waals surface area (Å²) in [6.07, 6.45) is 7.00. The Morgan fingerprint density at radius 2 is 1.84 bits per heavy atom. The number of carbonyl (C=O) groups excluding carboxylic acids is 1. The number of benzene rings is 2. The molecule has 1 aliphatic carbocycles. The predicted octanol–water partition coefficient (Wildman–Crippen LogP) is 5.68. The third-order valence-electron chi connectivity index (χ3n) is 7.37. The molecule has 37 heavy (non-hydrogen) atoms. The van der Waals surface area contributed by atoms with E-state index in [0.29, 0.717) is 60.9 Å². The smallest absolute Gasteiger partial charge is 0.266 e. The molecule has 3 aromatic rings. The number of para-hydroxylation sites is 1. The molecule has 0 bridgehead atoms. The van der Waals surface area contributed by atoms with E-state index in [1.54, 1.807) is 17.7 Å². The van der Waals surface area contributed by atoms with Crippen molar-refractivity contribution in [1.29, 1.82) is 0 Å². The molecule has 0 spiro atoms. The van der Waals surface area contributed by atoms with Crippen LogP contribution in [0.25, 0.3) is 16.6 Å². The molecule has 0 saturated heterocycles. The van der Waals surface area contributed by atoms with Crippen LogP contribution < -0.4 is 10.3 Å². The van der Waals surface area contributed by atoms with Gasteiger partial charge in [0.1, 0.15) is 11.6 Å². The number of ether oxygens (including phenoxy) is 2. The topological polar surface area (TPSA) is 73.7 Å². The lowest BCUT2D eigenvalue weighted by Gasteiger charge is -2.32. The van der Waals surface area contributed by atoms with Crippen LogP contribution in [0, 0.1) is 5.92 Å². The minimum Gasteiger partial charge on any atom is -0.494 e. The number of carbonyl (C=O) groups is 1. The maximum atomic E-state index is 13.9. The number of nitrogens with zero attached hydrogens (tertiary/aromatic N) is 3. The number of hydrogen-bond acceptors (Lipinski definition) is 5. The quantitative estimate of drug-likeness (QED) is 0.317. The third-order valence-corrected chi connectivity index (χ3v) is 7.37. The molecule has 1 saturated carbocycles. The Morgan fingerprint density at radius 3 is 2.51 bits per heavy atom. The average molecular weight is 506 g/mol. The van der Waals surface area contributed by atoms with Gasteiger partial charge in [-0.25, -0.2) is 4.98 Å². The molecule has 0 radical (unpaired) electrons. The molecule has 1 fully saturated rings. The molecule has 2 aromatic carbocycles. The molecule has 4 rings (SSSR count). The van der Waals surface area contributed by atoms with Gasteiger partial charge in [-0.2, -0.15) is 0 Å². The van der Waals surface area contributed by atoms with Crippen molar-refractivity contribution < 1.29 is 14.3 Å². The van der Waals surface area contributed by atoms with Gasteiger partial charge in [-0.05, 0) is 62.1 Å². The van der Waals surface area contributed by atoms with Crippen LogP contribution in [-0.2, 0) is 9.53 Å². The van der Waals surface area contributed by atoms with Crippen molar-refractivity contribution in [2.75, 3.05) is 26.9 Å². The Kier molecular flexibility index (Phi) is 9.34. The second kappa shape index (κ2) is 12.9. The summed E-state index contributed by atoms with van der Waals surface area (Å²) in [5.41, 5.74) is 1.19. The normalized spacial score (nSPS) is 14.7. The molecule has 1 aliphatic rings. The molecule has 0 N–H and O–H groups in total. The van der Waals surface area contributed by atoms with Gasteiger partial charge in [0.15, 0.2) is 0 Å². The number of amides is 1. The fourth-order valence-electron chi connectivity index (χ4n) is 5.44. The van der Waals surface area contributed by atoms with Crippen LogP contribution in [0.3, 0.4) is 0 Å². The first kappa shape index (κ1) is 26.9. The molecule has 1 unspecified atom stereocenters. The van der Waals surface area contributed by atoms with Gasteiger partial charge in [0.05, 0.1) is 35.8 Å². The fraction of sp³-hybridized carbons (Fsp3) is 0.500. The first-order valence-electron chi connectivity index (χ1n) is 13.6. The maximum absolute atomic E-state index is 13.9. The zero-order valence-electron chi connectivity index (χ0n) is 22.3. The van der Waals surface area contributed by atoms with E-state index in [-0.39, 0.29) is 17.5 Å². The standard InChI is InChI=1S/C30H39N3O4/c1-4-27(32(20-21-36-3)28(34)19-14-22-10-6-7-11-22)29-31-26-13-9-8-12-25(26)30(35)33(29)23-15-17-24(18-16-23)37-5-2/h8-9,12-13,15-18,22,27H,4-7,10-11,14,19-21H2,1-3H3. The van der Waals surface area contributed by atoms with E-state index in [1.165, 1.54) is 25.7 Å². The lowest BCUT2D eigenvalue weighted by Crippen LogP contribution is -2.40. The Morgan fingerprint density at radius 1 is 1.11 bits per heavy atom. The predicted molar refractivity (Wildman–Crippen MR) is 146 cm³/mol. The Bertz CT molecular complexity index is 1230. The molecule has 198 valence electrons. The van der Waals surface area contributed by atoms with Gasteiger partial charge < -0.3 is 14.4 Å². The van der Waals surface area contributed by atoms with E-state index < -0.39 is 0 Å². The Labute approximate surface area is 219 Å². The van der Waals surface area contributed by atoms with Crippen molar-refractivity contribution in [1.82, 2.24) is 14.5 Å². The van der Waals surface area contributed by atoms with Crippen LogP contribution >= 0.6 is 0 Å². The van der Waals surface area contributed by atoms with Crippen LogP contribution in [0.1, 0.15) is 70.7 Å². The van der Waals surface area contributed by atoms with Crippen LogP contribution in [0.4, 0.5) is 0 Å². The summed E-state index contributed by atoms with van der Waals surface area (Å²) in [5.74, 6) is 2.04. The minimum atomic E-state index is -0.366. The molecule has 7 nitrogen and oxygen atoms in total. The fourth-order valence-corrected chi connectivity index (χ4v) is 5.44. The molecular weight excluding hydrogens is 466 g/mol. The number of fused-ring (bicyclic) bond motifs is 1. The van der Waals surface area contributed by atoms with Crippen molar-refractivity contribution in [3.05, 3.63) is 64.7 Å². The highest BCUT2D eigenvalue weighted by Gasteiger charge is 2.29. The summed E-state index contributed by atoms with van der Waals surface area (Å²) in [7, 11) is 1.65. The largest absolute Gasteiger partial charge is 0.494 e. The molecule has 1 heterocycles. The molecule has 1 aromatic heterocycles. The van der Waals surface area contributed by atoms with E-state index in [1.807, 2.05) is 61.2 Å². The lowest BCUT2D eigenvalue weighted by atomic mass is 10.0. The number of methoxy groups -OCH3 is 1. The number of aromatic nitrogens is 2. The SMILES string of the molecule is CCOc1ccc(-n2c(C(CC)N(CCOC)C(=O)CCC3CCCC3)nc3ccccc3c2=O)cc1. The van der Waals surface area contributed by atoms with Gasteiger partial charge in [0, 0.05) is 20.1 Å². The number of hydrogen-bond donors (Lipinski definition) is 0. The minimum absolute atomic E-state index is 0.0939. The summed E-state index contributed by atoms with van der Waals surface area (Å²) < 4.78 is 12.7. The molecule has 7 heteroatoms. The van der Waals surface area contributed by atoms with Gasteiger partial charge >= 0.3 is 0 Å². The van der Waals surface area contributed by atoms with Gasteiger partial charge in [-0.1, -0.05) is 44.7 Å². The van der Waals surface area contributed by atoms with Gasteiger partial charge in [-0.3, -0.25) is 14.2 Å². The first-order valence-corrected chi connectivity index (χ1v) is 13.6. The monoisotopic (exact) mass is 505 g/mol. The second-order valence-corrected chi connectivity index (χ2v) is 9.75. The van der Waals surface area contributed by atoms with Crippen LogP contribution in [0.5, 0.6) is 5.75 Å². The lowest BCUT2D eigenvalue weighted by molar-refractivity contribution is -0.135. The van der Waals surface area contributed by atoms with Crippen molar-refractivity contribution in [2.24, 2.45) is 5.92 Å². The Hall–Kier alpha value is -3.19. The van der Waals surface area contributed by atoms with Crippen molar-refractivity contribution >= 4 is 16.8 Å². The van der Waals surface area contributed by atoms with Crippen LogP contribution in [-0.4, -0.2) is 47.2 Å². The molecular formula is C30H39N3O4. The van der Waals surface area contributed by atoms with Gasteiger partial charge in [0.25, 0.3) is 5.56 Å². The third kappa shape index (κ3) is 6.21. The molecule has 1 amide bonds. The summed E-state index contributed by atoms with van der Waals surface area (Å²) in [5, 5.41) is 0.547. The van der Waals surface area contributed by atoms with Crippen LogP contribution in [0.15, 0.2) is 53.3 Å². The summed E-state index contributed by atoms with van der Waals surface area (Å²) >= 11 is 0. The summed E-state index contributed by atoms with van der Waals surface area (Å²) in [6, 6.07) is 14.5. The van der Waals surface area contributed by atoms with Crippen molar-refractivity contribution in [3.8, 4) is 11.4 Å². The zero-order chi connectivity index (χ0) is 26.2. The van der Waals surface area contributed by atoms with E-state index in [9.17, 15) is 9.59 Å². The summed E-state index contributed by atoms with van der Waals surface area (Å²) in [4.78, 5) is 34.3. The highest BCUT2D eigenvalue weighted by Crippen LogP contribution is 2.31. The zero-order valence-corrected chi connectivity index (χ0v) is 22.3. The van der Waals surface area contributed by atoms with Crippen LogP contribution in [0.2, 0.25) is 0 Å². The van der Waals surface area contributed by atoms with Gasteiger partial charge in [-0.15, -0.1) is 0 Å². The molecule has 0 aliphatic heterocycles. The summed E-state index contributed by atoms with van der Waals surface area (Å²) in [6.45, 7) is 5.42. The van der Waals surface area contributed by atoms with E-state index >= 15 is 0 Å². The van der Waals surface area contributed by atoms with E-state index in [0.717, 1.165) is 12.2 Å². The second-order valence-electron chi connectivity index (χ2n) is 9.75. The van der Waals surface area contributed by atoms with Crippen molar-refractivity contribution in [3.63, 3.8) is 0 Å². The highest BCUT2D eigenvalue weighted by atomic mass is 16.5. The van der Waals surface area contributed by atoms with E-state index in [2.05, 4.69) is 0 Å². The Balaban J connectivity index is 1.78. The van der Waals surface area contributed by atoms with E-state index in [4.69, 9.17) is 14.5 Å². The van der Waals surface area contributed by atoms with Crippen molar-refractivity contribution in [2.45, 2.75) is 64.8 Å². The van der Waals surface area contributed by atoms with Gasteiger partial charge in [0.2, 0.25) is 5.91 Å².